The third-order valence-electron chi connectivity index (χ3n) is 2.93. The Labute approximate surface area is 83.2 Å². The summed E-state index contributed by atoms with van der Waals surface area (Å²) in [5.74, 6) is -1.25. The molecule has 0 aromatic heterocycles. The second-order valence-electron chi connectivity index (χ2n) is 4.12. The van der Waals surface area contributed by atoms with Gasteiger partial charge in [0.2, 0.25) is 0 Å². The van der Waals surface area contributed by atoms with E-state index in [2.05, 4.69) is 0 Å². The van der Waals surface area contributed by atoms with Gasteiger partial charge in [-0.2, -0.15) is 0 Å². The normalized spacial score (nSPS) is 30.7. The zero-order valence-corrected chi connectivity index (χ0v) is 8.20. The van der Waals surface area contributed by atoms with Crippen LogP contribution in [0.5, 0.6) is 0 Å². The Balaban J connectivity index is 1.89. The second kappa shape index (κ2) is 3.87. The molecular weight excluding hydrogens is 184 g/mol. The molecule has 2 rings (SSSR count). The quantitative estimate of drug-likeness (QED) is 0.734. The van der Waals surface area contributed by atoms with E-state index in [4.69, 9.17) is 14.6 Å². The molecule has 14 heavy (non-hydrogen) atoms. The highest BCUT2D eigenvalue weighted by Crippen LogP contribution is 2.38. The minimum Gasteiger partial charge on any atom is -0.481 e. The highest BCUT2D eigenvalue weighted by atomic mass is 16.7. The molecule has 80 valence electrons. The minimum atomic E-state index is -0.813. The average molecular weight is 200 g/mol. The lowest BCUT2D eigenvalue weighted by Crippen LogP contribution is -2.33. The number of hydrogen-bond donors (Lipinski definition) is 1. The molecule has 1 aliphatic heterocycles. The monoisotopic (exact) mass is 200 g/mol. The van der Waals surface area contributed by atoms with Crippen molar-refractivity contribution in [1.82, 2.24) is 0 Å². The van der Waals surface area contributed by atoms with Crippen molar-refractivity contribution in [1.29, 1.82) is 0 Å². The Morgan fingerprint density at radius 1 is 1.36 bits per heavy atom. The van der Waals surface area contributed by atoms with Crippen LogP contribution in [0.25, 0.3) is 0 Å². The highest BCUT2D eigenvalue weighted by Gasteiger charge is 2.42. The molecule has 1 heterocycles. The van der Waals surface area contributed by atoms with Gasteiger partial charge in [-0.05, 0) is 12.8 Å². The van der Waals surface area contributed by atoms with E-state index < -0.39 is 11.8 Å². The summed E-state index contributed by atoms with van der Waals surface area (Å²) in [4.78, 5) is 10.5. The molecule has 0 aromatic carbocycles. The summed E-state index contributed by atoms with van der Waals surface area (Å²) in [6.45, 7) is 0.437. The molecule has 2 aliphatic rings. The number of ether oxygens (including phenoxy) is 2. The molecule has 2 fully saturated rings. The maximum absolute atomic E-state index is 10.5. The van der Waals surface area contributed by atoms with Gasteiger partial charge in [0.25, 0.3) is 0 Å². The summed E-state index contributed by atoms with van der Waals surface area (Å²) in [5.41, 5.74) is 0. The van der Waals surface area contributed by atoms with Crippen LogP contribution < -0.4 is 0 Å². The molecule has 1 N–H and O–H groups in total. The first kappa shape index (κ1) is 9.93. The summed E-state index contributed by atoms with van der Waals surface area (Å²) in [7, 11) is 0. The largest absolute Gasteiger partial charge is 0.481 e. The number of rotatable bonds is 2. The van der Waals surface area contributed by atoms with Crippen LogP contribution in [0.15, 0.2) is 0 Å². The van der Waals surface area contributed by atoms with Crippen LogP contribution in [0, 0.1) is 0 Å². The predicted molar refractivity (Wildman–Crippen MR) is 48.9 cm³/mol. The zero-order valence-electron chi connectivity index (χ0n) is 8.20. The second-order valence-corrected chi connectivity index (χ2v) is 4.12. The molecule has 4 nitrogen and oxygen atoms in total. The number of hydrogen-bond acceptors (Lipinski definition) is 3. The van der Waals surface area contributed by atoms with Crippen LogP contribution in [-0.2, 0) is 14.3 Å². The van der Waals surface area contributed by atoms with Crippen molar-refractivity contribution in [3.8, 4) is 0 Å². The van der Waals surface area contributed by atoms with Crippen LogP contribution in [0.2, 0.25) is 0 Å². The summed E-state index contributed by atoms with van der Waals surface area (Å²) < 4.78 is 11.3. The van der Waals surface area contributed by atoms with Gasteiger partial charge >= 0.3 is 5.97 Å². The van der Waals surface area contributed by atoms with E-state index in [9.17, 15) is 4.79 Å². The molecule has 1 aliphatic carbocycles. The molecule has 0 aromatic rings. The van der Waals surface area contributed by atoms with Crippen molar-refractivity contribution in [3.63, 3.8) is 0 Å². The van der Waals surface area contributed by atoms with Crippen LogP contribution in [0.1, 0.15) is 38.5 Å². The molecule has 0 bridgehead atoms. The first-order chi connectivity index (χ1) is 6.70. The van der Waals surface area contributed by atoms with Gasteiger partial charge in [-0.1, -0.05) is 6.42 Å². The lowest BCUT2D eigenvalue weighted by molar-refractivity contribution is -0.188. The first-order valence-corrected chi connectivity index (χ1v) is 5.24. The van der Waals surface area contributed by atoms with Crippen molar-refractivity contribution in [2.45, 2.75) is 50.4 Å². The molecule has 1 atom stereocenters. The van der Waals surface area contributed by atoms with Gasteiger partial charge in [0, 0.05) is 12.8 Å². The Morgan fingerprint density at radius 2 is 2.07 bits per heavy atom. The number of carboxylic acid groups (broad SMARTS) is 1. The zero-order chi connectivity index (χ0) is 10.0. The fourth-order valence-corrected chi connectivity index (χ4v) is 2.26. The van der Waals surface area contributed by atoms with Gasteiger partial charge in [0.1, 0.15) is 0 Å². The summed E-state index contributed by atoms with van der Waals surface area (Å²) in [5, 5.41) is 8.63. The van der Waals surface area contributed by atoms with Gasteiger partial charge in [0.15, 0.2) is 5.79 Å². The molecule has 1 unspecified atom stereocenters. The molecular formula is C10H16O4. The van der Waals surface area contributed by atoms with E-state index >= 15 is 0 Å². The van der Waals surface area contributed by atoms with Gasteiger partial charge in [-0.3, -0.25) is 4.79 Å². The van der Waals surface area contributed by atoms with Gasteiger partial charge in [-0.25, -0.2) is 0 Å². The van der Waals surface area contributed by atoms with E-state index in [1.807, 2.05) is 0 Å². The summed E-state index contributed by atoms with van der Waals surface area (Å²) in [6, 6.07) is 0. The SMILES string of the molecule is O=C(O)CC1COC2(CCCCC2)O1. The molecule has 1 spiro atoms. The molecule has 0 amide bonds. The van der Waals surface area contributed by atoms with Crippen molar-refractivity contribution < 1.29 is 19.4 Å². The smallest absolute Gasteiger partial charge is 0.306 e. The molecule has 0 radical (unpaired) electrons. The topological polar surface area (TPSA) is 55.8 Å². The van der Waals surface area contributed by atoms with Crippen LogP contribution in [-0.4, -0.2) is 29.6 Å². The Morgan fingerprint density at radius 3 is 2.71 bits per heavy atom. The van der Waals surface area contributed by atoms with Gasteiger partial charge in [0.05, 0.1) is 19.1 Å². The van der Waals surface area contributed by atoms with E-state index in [1.165, 1.54) is 6.42 Å². The minimum absolute atomic E-state index is 0.0573. The van der Waals surface area contributed by atoms with E-state index in [0.29, 0.717) is 6.61 Å². The van der Waals surface area contributed by atoms with Gasteiger partial charge in [-0.15, -0.1) is 0 Å². The summed E-state index contributed by atoms with van der Waals surface area (Å²) >= 11 is 0. The standard InChI is InChI=1S/C10H16O4/c11-9(12)6-8-7-13-10(14-8)4-2-1-3-5-10/h8H,1-7H2,(H,11,12). The molecule has 4 heteroatoms. The van der Waals surface area contributed by atoms with Gasteiger partial charge < -0.3 is 14.6 Å². The van der Waals surface area contributed by atoms with E-state index in [0.717, 1.165) is 25.7 Å². The Hall–Kier alpha value is -0.610. The lowest BCUT2D eigenvalue weighted by atomic mass is 9.94. The fraction of sp³-hybridized carbons (Fsp3) is 0.900. The van der Waals surface area contributed by atoms with Crippen molar-refractivity contribution in [3.05, 3.63) is 0 Å². The molecule has 1 saturated carbocycles. The maximum atomic E-state index is 10.5. The lowest BCUT2D eigenvalue weighted by Gasteiger charge is -2.31. The van der Waals surface area contributed by atoms with Crippen LogP contribution in [0.4, 0.5) is 0 Å². The Bertz CT molecular complexity index is 220. The summed E-state index contributed by atoms with van der Waals surface area (Å²) in [6.07, 6.45) is 5.14. The number of carboxylic acids is 1. The van der Waals surface area contributed by atoms with Crippen molar-refractivity contribution in [2.75, 3.05) is 6.61 Å². The average Bonchev–Trinajstić information content (AvgIpc) is 2.49. The molecule has 1 saturated heterocycles. The number of carbonyl (C=O) groups is 1. The maximum Gasteiger partial charge on any atom is 0.306 e. The fourth-order valence-electron chi connectivity index (χ4n) is 2.26. The van der Waals surface area contributed by atoms with Crippen molar-refractivity contribution in [2.24, 2.45) is 0 Å². The third kappa shape index (κ3) is 2.07. The predicted octanol–water partition coefficient (Wildman–Crippen LogP) is 1.54. The highest BCUT2D eigenvalue weighted by molar-refractivity contribution is 5.67. The number of aliphatic carboxylic acids is 1. The van der Waals surface area contributed by atoms with Crippen LogP contribution >= 0.6 is 0 Å². The van der Waals surface area contributed by atoms with Crippen LogP contribution in [0.3, 0.4) is 0 Å². The first-order valence-electron chi connectivity index (χ1n) is 5.24. The third-order valence-corrected chi connectivity index (χ3v) is 2.93. The Kier molecular flexibility index (Phi) is 2.74. The van der Waals surface area contributed by atoms with E-state index in [-0.39, 0.29) is 12.5 Å². The van der Waals surface area contributed by atoms with E-state index in [1.54, 1.807) is 0 Å². The van der Waals surface area contributed by atoms with Crippen molar-refractivity contribution >= 4 is 5.97 Å².